The Balaban J connectivity index is 0.00000144. The molecule has 0 spiro atoms. The number of hydrogen-bond acceptors (Lipinski definition) is 3. The van der Waals surface area contributed by atoms with Crippen LogP contribution in [-0.2, 0) is 0 Å². The highest BCUT2D eigenvalue weighted by Crippen LogP contribution is 2.12. The van der Waals surface area contributed by atoms with Gasteiger partial charge in [0.25, 0.3) is 5.91 Å². The van der Waals surface area contributed by atoms with Crippen molar-refractivity contribution in [1.82, 2.24) is 15.2 Å². The van der Waals surface area contributed by atoms with Crippen LogP contribution in [0.2, 0.25) is 0 Å². The molecule has 102 valence electrons. The van der Waals surface area contributed by atoms with Gasteiger partial charge in [0.05, 0.1) is 5.56 Å². The fraction of sp³-hybridized carbons (Fsp3) is 0.500. The van der Waals surface area contributed by atoms with Crippen LogP contribution in [0.15, 0.2) is 18.5 Å². The number of nitrogens with one attached hydrogen (secondary N) is 1. The summed E-state index contributed by atoms with van der Waals surface area (Å²) in [5, 5.41) is 3.28. The first-order valence-corrected chi connectivity index (χ1v) is 5.62. The highest BCUT2D eigenvalue weighted by molar-refractivity contribution is 5.95. The zero-order chi connectivity index (χ0) is 11.5. The Labute approximate surface area is 120 Å². The molecule has 2 rings (SSSR count). The largest absolute Gasteiger partial charge is 0.333 e. The van der Waals surface area contributed by atoms with Crippen molar-refractivity contribution in [2.24, 2.45) is 0 Å². The van der Waals surface area contributed by atoms with Crippen molar-refractivity contribution in [3.8, 4) is 0 Å². The van der Waals surface area contributed by atoms with Gasteiger partial charge in [-0.25, -0.2) is 0 Å². The van der Waals surface area contributed by atoms with Gasteiger partial charge in [-0.2, -0.15) is 0 Å². The summed E-state index contributed by atoms with van der Waals surface area (Å²) in [7, 11) is 0. The lowest BCUT2D eigenvalue weighted by Crippen LogP contribution is -2.52. The molecule has 0 saturated carbocycles. The third kappa shape index (κ3) is 3.57. The number of halogens is 2. The summed E-state index contributed by atoms with van der Waals surface area (Å²) < 4.78 is 0. The van der Waals surface area contributed by atoms with Gasteiger partial charge in [0.15, 0.2) is 0 Å². The number of piperazine rings is 1. The average Bonchev–Trinajstić information content (AvgIpc) is 2.29. The van der Waals surface area contributed by atoms with Gasteiger partial charge in [0.2, 0.25) is 0 Å². The predicted octanol–water partition coefficient (Wildman–Crippen LogP) is 1.67. The summed E-state index contributed by atoms with van der Waals surface area (Å²) in [6.07, 6.45) is 3.37. The van der Waals surface area contributed by atoms with E-state index in [0.717, 1.165) is 30.8 Å². The molecule has 1 atom stereocenters. The highest BCUT2D eigenvalue weighted by Gasteiger charge is 2.24. The molecule has 0 aromatic carbocycles. The third-order valence-corrected chi connectivity index (χ3v) is 3.03. The van der Waals surface area contributed by atoms with Crippen LogP contribution >= 0.6 is 24.8 Å². The molecule has 1 fully saturated rings. The van der Waals surface area contributed by atoms with Crippen molar-refractivity contribution in [1.29, 1.82) is 0 Å². The second kappa shape index (κ2) is 7.56. The van der Waals surface area contributed by atoms with Crippen LogP contribution in [0.5, 0.6) is 0 Å². The van der Waals surface area contributed by atoms with E-state index < -0.39 is 0 Å². The van der Waals surface area contributed by atoms with Gasteiger partial charge in [-0.1, -0.05) is 0 Å². The fourth-order valence-electron chi connectivity index (χ4n) is 1.99. The molecule has 0 unspecified atom stereocenters. The topological polar surface area (TPSA) is 45.2 Å². The molecule has 1 amide bonds. The zero-order valence-corrected chi connectivity index (χ0v) is 12.2. The smallest absolute Gasteiger partial charge is 0.256 e. The maximum absolute atomic E-state index is 12.3. The maximum Gasteiger partial charge on any atom is 0.256 e. The quantitative estimate of drug-likeness (QED) is 0.856. The Morgan fingerprint density at radius 1 is 1.50 bits per heavy atom. The molecule has 1 aromatic heterocycles. The number of aryl methyl sites for hydroxylation is 1. The molecule has 18 heavy (non-hydrogen) atoms. The van der Waals surface area contributed by atoms with E-state index >= 15 is 0 Å². The monoisotopic (exact) mass is 291 g/mol. The minimum Gasteiger partial charge on any atom is -0.333 e. The van der Waals surface area contributed by atoms with Gasteiger partial charge in [0, 0.05) is 38.1 Å². The van der Waals surface area contributed by atoms with Gasteiger partial charge >= 0.3 is 0 Å². The number of amides is 1. The first-order valence-electron chi connectivity index (χ1n) is 5.62. The van der Waals surface area contributed by atoms with Crippen molar-refractivity contribution in [3.63, 3.8) is 0 Å². The second-order valence-corrected chi connectivity index (χ2v) is 4.24. The molecule has 0 aliphatic carbocycles. The number of carbonyl (C=O) groups excluding carboxylic acids is 1. The van der Waals surface area contributed by atoms with Gasteiger partial charge in [0.1, 0.15) is 0 Å². The number of carbonyl (C=O) groups is 1. The molecular formula is C12H19Cl2N3O. The first kappa shape index (κ1) is 17.2. The Morgan fingerprint density at radius 3 is 2.83 bits per heavy atom. The van der Waals surface area contributed by atoms with Gasteiger partial charge in [-0.3, -0.25) is 9.78 Å². The first-order chi connectivity index (χ1) is 7.70. The van der Waals surface area contributed by atoms with Crippen LogP contribution in [0, 0.1) is 6.92 Å². The molecule has 1 aliphatic heterocycles. The Hall–Kier alpha value is -0.840. The fourth-order valence-corrected chi connectivity index (χ4v) is 1.99. The average molecular weight is 292 g/mol. The number of hydrogen-bond donors (Lipinski definition) is 1. The summed E-state index contributed by atoms with van der Waals surface area (Å²) >= 11 is 0. The van der Waals surface area contributed by atoms with Gasteiger partial charge in [-0.15, -0.1) is 24.8 Å². The van der Waals surface area contributed by atoms with E-state index in [-0.39, 0.29) is 36.8 Å². The summed E-state index contributed by atoms with van der Waals surface area (Å²) in [5.74, 6) is 0.0969. The second-order valence-electron chi connectivity index (χ2n) is 4.24. The van der Waals surface area contributed by atoms with Gasteiger partial charge < -0.3 is 10.2 Å². The molecule has 1 aromatic rings. The van der Waals surface area contributed by atoms with Crippen molar-refractivity contribution in [2.75, 3.05) is 19.6 Å². The molecule has 0 radical (unpaired) electrons. The minimum atomic E-state index is 0. The predicted molar refractivity (Wildman–Crippen MR) is 76.8 cm³/mol. The number of aromatic nitrogens is 1. The minimum absolute atomic E-state index is 0. The molecule has 0 bridgehead atoms. The number of pyridine rings is 1. The SMILES string of the molecule is Cc1ccncc1C(=O)N1CCNC[C@@H]1C.Cl.Cl. The van der Waals surface area contributed by atoms with E-state index in [1.54, 1.807) is 12.4 Å². The van der Waals surface area contributed by atoms with Crippen LogP contribution in [-0.4, -0.2) is 41.5 Å². The standard InChI is InChI=1S/C12H17N3O.2ClH/c1-9-3-4-13-8-11(9)12(16)15-6-5-14-7-10(15)2;;/h3-4,8,10,14H,5-7H2,1-2H3;2*1H/t10-;;/m0../s1. The van der Waals surface area contributed by atoms with E-state index in [4.69, 9.17) is 0 Å². The third-order valence-electron chi connectivity index (χ3n) is 3.03. The van der Waals surface area contributed by atoms with Crippen molar-refractivity contribution in [2.45, 2.75) is 19.9 Å². The molecule has 1 saturated heterocycles. The highest BCUT2D eigenvalue weighted by atomic mass is 35.5. The summed E-state index contributed by atoms with van der Waals surface area (Å²) in [5.41, 5.74) is 1.71. The lowest BCUT2D eigenvalue weighted by molar-refractivity contribution is 0.0654. The van der Waals surface area contributed by atoms with Crippen LogP contribution in [0.25, 0.3) is 0 Å². The van der Waals surface area contributed by atoms with E-state index in [1.807, 2.05) is 17.9 Å². The van der Waals surface area contributed by atoms with E-state index in [1.165, 1.54) is 0 Å². The maximum atomic E-state index is 12.3. The van der Waals surface area contributed by atoms with Crippen molar-refractivity contribution in [3.05, 3.63) is 29.6 Å². The Bertz CT molecular complexity index is 401. The zero-order valence-electron chi connectivity index (χ0n) is 10.5. The molecule has 2 heterocycles. The lowest BCUT2D eigenvalue weighted by Gasteiger charge is -2.34. The molecule has 4 nitrogen and oxygen atoms in total. The summed E-state index contributed by atoms with van der Waals surface area (Å²) in [6.45, 7) is 6.52. The molecule has 1 N–H and O–H groups in total. The van der Waals surface area contributed by atoms with E-state index in [2.05, 4.69) is 17.2 Å². The Morgan fingerprint density at radius 2 is 2.22 bits per heavy atom. The van der Waals surface area contributed by atoms with Crippen LogP contribution in [0.3, 0.4) is 0 Å². The summed E-state index contributed by atoms with van der Waals surface area (Å²) in [4.78, 5) is 18.2. The lowest BCUT2D eigenvalue weighted by atomic mass is 10.1. The van der Waals surface area contributed by atoms with E-state index in [9.17, 15) is 4.79 Å². The summed E-state index contributed by atoms with van der Waals surface area (Å²) in [6, 6.07) is 2.13. The van der Waals surface area contributed by atoms with Crippen molar-refractivity contribution >= 4 is 30.7 Å². The number of nitrogens with zero attached hydrogens (tertiary/aromatic N) is 2. The Kier molecular flexibility index (Phi) is 7.21. The van der Waals surface area contributed by atoms with Crippen LogP contribution < -0.4 is 5.32 Å². The van der Waals surface area contributed by atoms with Gasteiger partial charge in [-0.05, 0) is 25.5 Å². The van der Waals surface area contributed by atoms with Crippen LogP contribution in [0.1, 0.15) is 22.8 Å². The van der Waals surface area contributed by atoms with E-state index in [0.29, 0.717) is 0 Å². The van der Waals surface area contributed by atoms with Crippen LogP contribution in [0.4, 0.5) is 0 Å². The molecular weight excluding hydrogens is 273 g/mol. The normalized spacial score (nSPS) is 18.6. The van der Waals surface area contributed by atoms with Crippen molar-refractivity contribution < 1.29 is 4.79 Å². The molecule has 6 heteroatoms. The number of rotatable bonds is 1. The molecule has 1 aliphatic rings.